The van der Waals surface area contributed by atoms with Gasteiger partial charge in [-0.1, -0.05) is 48.5 Å². The second-order valence-electron chi connectivity index (χ2n) is 4.78. The van der Waals surface area contributed by atoms with Crippen LogP contribution in [0.1, 0.15) is 5.56 Å². The molecule has 0 radical (unpaired) electrons. The molecule has 3 aromatic rings. The number of nitrogens with zero attached hydrogens (tertiary/aromatic N) is 1. The van der Waals surface area contributed by atoms with Crippen molar-refractivity contribution >= 4 is 5.69 Å². The van der Waals surface area contributed by atoms with E-state index in [1.54, 1.807) is 6.07 Å². The summed E-state index contributed by atoms with van der Waals surface area (Å²) in [5, 5.41) is 13.0. The molecule has 0 atom stereocenters. The maximum atomic E-state index is 9.73. The van der Waals surface area contributed by atoms with Crippen molar-refractivity contribution in [1.82, 2.24) is 4.98 Å². The van der Waals surface area contributed by atoms with E-state index in [1.807, 2.05) is 66.9 Å². The number of hydrogen-bond acceptors (Lipinski definition) is 3. The van der Waals surface area contributed by atoms with Gasteiger partial charge in [-0.2, -0.15) is 0 Å². The predicted molar refractivity (Wildman–Crippen MR) is 85.1 cm³/mol. The molecule has 0 saturated carbocycles. The zero-order chi connectivity index (χ0) is 14.5. The number of pyridine rings is 1. The molecular formula is C18H16N2O. The van der Waals surface area contributed by atoms with E-state index in [0.717, 1.165) is 22.5 Å². The number of aromatic hydroxyl groups is 1. The number of phenolic OH excluding ortho intramolecular Hbond substituents is 1. The standard InChI is InChI=1S/C18H16N2O/c21-18-9-5-4-8-15(18)12-19-16-10-11-17(20-13-16)14-6-2-1-3-7-14/h1-11,13,19,21H,12H2. The first kappa shape index (κ1) is 13.2. The predicted octanol–water partition coefficient (Wildman–Crippen LogP) is 4.07. The Labute approximate surface area is 123 Å². The lowest BCUT2D eigenvalue weighted by atomic mass is 10.1. The molecule has 0 aliphatic rings. The van der Waals surface area contributed by atoms with Gasteiger partial charge in [-0.25, -0.2) is 0 Å². The van der Waals surface area contributed by atoms with Gasteiger partial charge in [0.25, 0.3) is 0 Å². The van der Waals surface area contributed by atoms with Crippen molar-refractivity contribution in [1.29, 1.82) is 0 Å². The van der Waals surface area contributed by atoms with Gasteiger partial charge in [-0.3, -0.25) is 4.98 Å². The minimum absolute atomic E-state index is 0.305. The Morgan fingerprint density at radius 2 is 1.62 bits per heavy atom. The van der Waals surface area contributed by atoms with Crippen LogP contribution in [0.3, 0.4) is 0 Å². The van der Waals surface area contributed by atoms with Crippen molar-refractivity contribution in [3.05, 3.63) is 78.5 Å². The van der Waals surface area contributed by atoms with E-state index in [4.69, 9.17) is 0 Å². The maximum absolute atomic E-state index is 9.73. The normalized spacial score (nSPS) is 10.3. The van der Waals surface area contributed by atoms with Crippen LogP contribution in [0.5, 0.6) is 5.75 Å². The molecule has 0 aliphatic heterocycles. The van der Waals surface area contributed by atoms with Crippen LogP contribution >= 0.6 is 0 Å². The van der Waals surface area contributed by atoms with E-state index < -0.39 is 0 Å². The minimum atomic E-state index is 0.305. The van der Waals surface area contributed by atoms with Crippen LogP contribution in [0.25, 0.3) is 11.3 Å². The molecule has 104 valence electrons. The molecule has 2 aromatic carbocycles. The third kappa shape index (κ3) is 3.20. The van der Waals surface area contributed by atoms with Crippen LogP contribution in [-0.4, -0.2) is 10.1 Å². The third-order valence-corrected chi connectivity index (χ3v) is 3.31. The summed E-state index contributed by atoms with van der Waals surface area (Å²) in [6.45, 7) is 0.568. The van der Waals surface area contributed by atoms with Crippen molar-refractivity contribution in [3.63, 3.8) is 0 Å². The number of anilines is 1. The molecule has 2 N–H and O–H groups in total. The van der Waals surface area contributed by atoms with E-state index in [9.17, 15) is 5.11 Å². The average molecular weight is 276 g/mol. The molecule has 0 unspecified atom stereocenters. The van der Waals surface area contributed by atoms with Crippen LogP contribution in [0.15, 0.2) is 72.9 Å². The summed E-state index contributed by atoms with van der Waals surface area (Å²) in [5.41, 5.74) is 3.84. The lowest BCUT2D eigenvalue weighted by Crippen LogP contribution is -2.00. The first-order valence-electron chi connectivity index (χ1n) is 6.85. The van der Waals surface area contributed by atoms with E-state index in [-0.39, 0.29) is 0 Å². The smallest absolute Gasteiger partial charge is 0.120 e. The zero-order valence-electron chi connectivity index (χ0n) is 11.5. The van der Waals surface area contributed by atoms with E-state index >= 15 is 0 Å². The molecule has 0 spiro atoms. The van der Waals surface area contributed by atoms with Gasteiger partial charge < -0.3 is 10.4 Å². The van der Waals surface area contributed by atoms with E-state index in [1.165, 1.54) is 0 Å². The number of para-hydroxylation sites is 1. The molecule has 3 rings (SSSR count). The monoisotopic (exact) mass is 276 g/mol. The highest BCUT2D eigenvalue weighted by atomic mass is 16.3. The topological polar surface area (TPSA) is 45.1 Å². The Hall–Kier alpha value is -2.81. The quantitative estimate of drug-likeness (QED) is 0.755. The van der Waals surface area contributed by atoms with Crippen molar-refractivity contribution in [2.24, 2.45) is 0 Å². The fourth-order valence-corrected chi connectivity index (χ4v) is 2.14. The fraction of sp³-hybridized carbons (Fsp3) is 0.0556. The van der Waals surface area contributed by atoms with Crippen molar-refractivity contribution < 1.29 is 5.11 Å². The Kier molecular flexibility index (Phi) is 3.83. The van der Waals surface area contributed by atoms with E-state index in [0.29, 0.717) is 12.3 Å². The summed E-state index contributed by atoms with van der Waals surface area (Å²) < 4.78 is 0. The summed E-state index contributed by atoms with van der Waals surface area (Å²) >= 11 is 0. The number of hydrogen-bond donors (Lipinski definition) is 2. The molecule has 0 saturated heterocycles. The molecule has 1 aromatic heterocycles. The molecule has 0 aliphatic carbocycles. The number of benzene rings is 2. The first-order valence-corrected chi connectivity index (χ1v) is 6.85. The van der Waals surface area contributed by atoms with Gasteiger partial charge in [0, 0.05) is 17.7 Å². The van der Waals surface area contributed by atoms with Gasteiger partial charge in [-0.15, -0.1) is 0 Å². The second kappa shape index (κ2) is 6.09. The fourth-order valence-electron chi connectivity index (χ4n) is 2.14. The van der Waals surface area contributed by atoms with Crippen LogP contribution in [0, 0.1) is 0 Å². The molecule has 21 heavy (non-hydrogen) atoms. The molecule has 1 heterocycles. The average Bonchev–Trinajstić information content (AvgIpc) is 2.55. The summed E-state index contributed by atoms with van der Waals surface area (Å²) in [7, 11) is 0. The van der Waals surface area contributed by atoms with Gasteiger partial charge >= 0.3 is 0 Å². The molecule has 0 amide bonds. The minimum Gasteiger partial charge on any atom is -0.508 e. The van der Waals surface area contributed by atoms with Crippen LogP contribution in [0.2, 0.25) is 0 Å². The number of aromatic nitrogens is 1. The SMILES string of the molecule is Oc1ccccc1CNc1ccc(-c2ccccc2)nc1. The Morgan fingerprint density at radius 1 is 0.857 bits per heavy atom. The summed E-state index contributed by atoms with van der Waals surface area (Å²) in [4.78, 5) is 4.46. The van der Waals surface area contributed by atoms with Crippen LogP contribution in [-0.2, 0) is 6.54 Å². The molecule has 0 bridgehead atoms. The second-order valence-corrected chi connectivity index (χ2v) is 4.78. The lowest BCUT2D eigenvalue weighted by molar-refractivity contribution is 0.469. The van der Waals surface area contributed by atoms with Crippen LogP contribution < -0.4 is 5.32 Å². The van der Waals surface area contributed by atoms with Crippen LogP contribution in [0.4, 0.5) is 5.69 Å². The van der Waals surface area contributed by atoms with Gasteiger partial charge in [0.1, 0.15) is 5.75 Å². The largest absolute Gasteiger partial charge is 0.508 e. The Balaban J connectivity index is 1.69. The molecule has 0 fully saturated rings. The maximum Gasteiger partial charge on any atom is 0.120 e. The van der Waals surface area contributed by atoms with Gasteiger partial charge in [0.15, 0.2) is 0 Å². The van der Waals surface area contributed by atoms with Crippen molar-refractivity contribution in [2.75, 3.05) is 5.32 Å². The van der Waals surface area contributed by atoms with Crippen molar-refractivity contribution in [3.8, 4) is 17.0 Å². The molecule has 3 nitrogen and oxygen atoms in total. The molecular weight excluding hydrogens is 260 g/mol. The highest BCUT2D eigenvalue weighted by Gasteiger charge is 2.01. The van der Waals surface area contributed by atoms with Gasteiger partial charge in [0.05, 0.1) is 17.6 Å². The summed E-state index contributed by atoms with van der Waals surface area (Å²) in [5.74, 6) is 0.305. The number of rotatable bonds is 4. The Bertz CT molecular complexity index is 709. The number of nitrogens with one attached hydrogen (secondary N) is 1. The Morgan fingerprint density at radius 3 is 2.33 bits per heavy atom. The lowest BCUT2D eigenvalue weighted by Gasteiger charge is -2.08. The third-order valence-electron chi connectivity index (χ3n) is 3.31. The summed E-state index contributed by atoms with van der Waals surface area (Å²) in [6.07, 6.45) is 1.81. The first-order chi connectivity index (χ1) is 10.3. The van der Waals surface area contributed by atoms with E-state index in [2.05, 4.69) is 10.3 Å². The van der Waals surface area contributed by atoms with Gasteiger partial charge in [-0.05, 0) is 18.2 Å². The van der Waals surface area contributed by atoms with Crippen molar-refractivity contribution in [2.45, 2.75) is 6.54 Å². The van der Waals surface area contributed by atoms with Gasteiger partial charge in [0.2, 0.25) is 0 Å². The highest BCUT2D eigenvalue weighted by molar-refractivity contribution is 5.60. The summed E-state index contributed by atoms with van der Waals surface area (Å²) in [6, 6.07) is 21.4. The highest BCUT2D eigenvalue weighted by Crippen LogP contribution is 2.20. The zero-order valence-corrected chi connectivity index (χ0v) is 11.5. The molecule has 3 heteroatoms. The number of phenols is 1.